The van der Waals surface area contributed by atoms with Crippen LogP contribution in [0.5, 0.6) is 5.75 Å². The maximum atomic E-state index is 10.6. The van der Waals surface area contributed by atoms with Crippen LogP contribution in [0.3, 0.4) is 0 Å². The molecule has 0 fully saturated rings. The van der Waals surface area contributed by atoms with Crippen LogP contribution >= 0.6 is 11.8 Å². The van der Waals surface area contributed by atoms with E-state index in [1.807, 2.05) is 6.07 Å². The first-order valence-corrected chi connectivity index (χ1v) is 8.58. The van der Waals surface area contributed by atoms with Gasteiger partial charge in [0, 0.05) is 10.5 Å². The molecule has 4 N–H and O–H groups in total. The minimum absolute atomic E-state index is 0.00318. The van der Waals surface area contributed by atoms with Crippen LogP contribution in [0, 0.1) is 27.6 Å². The number of phenols is 1. The van der Waals surface area contributed by atoms with Crippen LogP contribution in [-0.2, 0) is 5.75 Å². The third kappa shape index (κ3) is 3.59. The number of hydrogen-bond donors (Lipinski definition) is 3. The molecule has 0 aliphatic rings. The van der Waals surface area contributed by atoms with E-state index in [1.54, 1.807) is 23.4 Å². The second kappa shape index (κ2) is 7.60. The summed E-state index contributed by atoms with van der Waals surface area (Å²) in [6, 6.07) is 13.3. The Kier molecular flexibility index (Phi) is 5.06. The number of pyridine rings is 1. The first kappa shape index (κ1) is 18.0. The predicted octanol–water partition coefficient (Wildman–Crippen LogP) is 2.14. The Labute approximate surface area is 157 Å². The maximum Gasteiger partial charge on any atom is 0.418 e. The van der Waals surface area contributed by atoms with Crippen molar-refractivity contribution in [1.82, 2.24) is 4.98 Å². The Morgan fingerprint density at radius 3 is 2.44 bits per heavy atom. The summed E-state index contributed by atoms with van der Waals surface area (Å²) in [6.07, 6.45) is 0. The van der Waals surface area contributed by atoms with Gasteiger partial charge in [-0.05, 0) is 23.8 Å². The second-order valence-corrected chi connectivity index (χ2v) is 6.32. The third-order valence-electron chi connectivity index (χ3n) is 3.68. The van der Waals surface area contributed by atoms with Gasteiger partial charge in [-0.25, -0.2) is 4.98 Å². The van der Waals surface area contributed by atoms with E-state index in [4.69, 9.17) is 10.2 Å². The number of nitrogen functional groups attached to an aromatic ring is 1. The van der Waals surface area contributed by atoms with Crippen LogP contribution in [0.4, 0.5) is 11.7 Å². The highest BCUT2D eigenvalue weighted by atomic mass is 32.2. The van der Waals surface area contributed by atoms with Crippen LogP contribution in [0.15, 0.2) is 45.8 Å². The largest absolute Gasteiger partial charge is 0.508 e. The van der Waals surface area contributed by atoms with Crippen molar-refractivity contribution in [2.75, 3.05) is 5.73 Å². The fourth-order valence-electron chi connectivity index (χ4n) is 2.47. The molecule has 0 saturated carbocycles. The molecule has 0 unspecified atom stereocenters. The summed E-state index contributed by atoms with van der Waals surface area (Å²) in [4.78, 5) is 14.8. The van der Waals surface area contributed by atoms with Crippen LogP contribution in [0.1, 0.15) is 16.9 Å². The van der Waals surface area contributed by atoms with Crippen molar-refractivity contribution in [2.45, 2.75) is 10.8 Å². The standard InChI is InChI=1S/C18H11N5O3S/c19-7-13-16(10-1-3-11(24)4-2-10)14(8-20)18(22-17(13)21)27-9-12-5-6-15(23-25)26-12/h1-6,24H,9H2,(H2,21,22)/p+1. The van der Waals surface area contributed by atoms with Gasteiger partial charge in [0.2, 0.25) is 0 Å². The molecule has 3 aromatic rings. The van der Waals surface area contributed by atoms with Crippen LogP contribution in [-0.4, -0.2) is 10.1 Å². The van der Waals surface area contributed by atoms with Crippen LogP contribution < -0.4 is 10.9 Å². The lowest BCUT2D eigenvalue weighted by atomic mass is 9.97. The Morgan fingerprint density at radius 1 is 1.15 bits per heavy atom. The van der Waals surface area contributed by atoms with Crippen molar-refractivity contribution in [1.29, 1.82) is 10.5 Å². The molecule has 0 radical (unpaired) electrons. The molecule has 8 nitrogen and oxygen atoms in total. The monoisotopic (exact) mass is 378 g/mol. The number of nitrogens with one attached hydrogen (secondary N) is 1. The maximum absolute atomic E-state index is 10.6. The van der Waals surface area contributed by atoms with E-state index in [2.05, 4.69) is 11.1 Å². The normalized spacial score (nSPS) is 10.1. The average Bonchev–Trinajstić information content (AvgIpc) is 3.14. The Bertz CT molecular complexity index is 1090. The minimum atomic E-state index is 0.00318. The number of nitrogens with two attached hydrogens (primary N) is 1. The Balaban J connectivity index is 2.07. The van der Waals surface area contributed by atoms with E-state index in [1.165, 1.54) is 30.0 Å². The second-order valence-electron chi connectivity index (χ2n) is 5.35. The average molecular weight is 378 g/mol. The summed E-state index contributed by atoms with van der Waals surface area (Å²) in [5.74, 6) is 0.974. The number of nitroso groups, excluding NO2 is 1. The Morgan fingerprint density at radius 2 is 1.85 bits per heavy atom. The SMILES string of the molecule is N#Cc1c(N)nc(SCc2ccc([NH+]=O)o2)c(C#N)c1-c1ccc(O)cc1. The van der Waals surface area contributed by atoms with Crippen molar-refractivity contribution in [3.63, 3.8) is 0 Å². The first-order valence-electron chi connectivity index (χ1n) is 7.60. The van der Waals surface area contributed by atoms with Crippen molar-refractivity contribution in [3.8, 4) is 29.0 Å². The number of benzene rings is 1. The van der Waals surface area contributed by atoms with Gasteiger partial charge in [-0.3, -0.25) is 0 Å². The lowest BCUT2D eigenvalue weighted by molar-refractivity contribution is -0.398. The van der Waals surface area contributed by atoms with Gasteiger partial charge >= 0.3 is 5.88 Å². The lowest BCUT2D eigenvalue weighted by Gasteiger charge is -2.12. The smallest absolute Gasteiger partial charge is 0.418 e. The number of aromatic hydroxyl groups is 1. The summed E-state index contributed by atoms with van der Waals surface area (Å²) >= 11 is 1.20. The van der Waals surface area contributed by atoms with Crippen molar-refractivity contribution in [3.05, 3.63) is 58.2 Å². The van der Waals surface area contributed by atoms with Crippen LogP contribution in [0.2, 0.25) is 0 Å². The molecule has 0 aliphatic carbocycles. The molecule has 9 heteroatoms. The predicted molar refractivity (Wildman–Crippen MR) is 97.4 cm³/mol. The summed E-state index contributed by atoms with van der Waals surface area (Å²) in [5, 5.41) is 30.6. The molecule has 0 aliphatic heterocycles. The van der Waals surface area contributed by atoms with E-state index >= 15 is 0 Å². The highest BCUT2D eigenvalue weighted by Gasteiger charge is 2.21. The number of anilines is 1. The van der Waals surface area contributed by atoms with Gasteiger partial charge < -0.3 is 15.3 Å². The summed E-state index contributed by atoms with van der Waals surface area (Å²) in [5.41, 5.74) is 7.15. The number of nitriles is 2. The number of furan rings is 1. The zero-order chi connectivity index (χ0) is 19.4. The van der Waals surface area contributed by atoms with E-state index in [0.717, 1.165) is 0 Å². The molecule has 1 aromatic carbocycles. The fraction of sp³-hybridized carbons (Fsp3) is 0.0556. The van der Waals surface area contributed by atoms with Crippen molar-refractivity contribution >= 4 is 23.5 Å². The number of phenolic OH excluding ortho intramolecular Hbond substituents is 1. The molecular weight excluding hydrogens is 366 g/mol. The van der Waals surface area contributed by atoms with Crippen molar-refractivity contribution < 1.29 is 14.7 Å². The number of rotatable bonds is 5. The van der Waals surface area contributed by atoms with Gasteiger partial charge in [0.05, 0.1) is 22.6 Å². The fourth-order valence-corrected chi connectivity index (χ4v) is 3.36. The van der Waals surface area contributed by atoms with Gasteiger partial charge in [-0.15, -0.1) is 0 Å². The van der Waals surface area contributed by atoms with E-state index < -0.39 is 0 Å². The molecule has 132 valence electrons. The number of hydrogen-bond acceptors (Lipinski definition) is 8. The van der Waals surface area contributed by atoms with Gasteiger partial charge in [-0.1, -0.05) is 23.9 Å². The Hall–Kier alpha value is -3.82. The van der Waals surface area contributed by atoms with Gasteiger partial charge in [0.15, 0.2) is 0 Å². The molecule has 0 spiro atoms. The number of nitrogens with zero attached hydrogens (tertiary/aromatic N) is 3. The molecule has 0 bridgehead atoms. The first-order chi connectivity index (χ1) is 13.1. The quantitative estimate of drug-likeness (QED) is 0.571. The summed E-state index contributed by atoms with van der Waals surface area (Å²) < 4.78 is 5.26. The minimum Gasteiger partial charge on any atom is -0.508 e. The molecular formula is C18H12N5O3S+. The zero-order valence-corrected chi connectivity index (χ0v) is 14.6. The molecule has 0 amide bonds. The third-order valence-corrected chi connectivity index (χ3v) is 4.68. The van der Waals surface area contributed by atoms with Crippen LogP contribution in [0.25, 0.3) is 11.1 Å². The summed E-state index contributed by atoms with van der Waals surface area (Å²) in [7, 11) is 0. The van der Waals surface area contributed by atoms with E-state index in [0.29, 0.717) is 27.7 Å². The van der Waals surface area contributed by atoms with Gasteiger partial charge in [-0.2, -0.15) is 10.5 Å². The lowest BCUT2D eigenvalue weighted by Crippen LogP contribution is -2.55. The van der Waals surface area contributed by atoms with Gasteiger partial charge in [0.1, 0.15) is 40.1 Å². The molecule has 27 heavy (non-hydrogen) atoms. The highest BCUT2D eigenvalue weighted by Crippen LogP contribution is 2.37. The molecule has 0 saturated heterocycles. The summed E-state index contributed by atoms with van der Waals surface area (Å²) in [6.45, 7) is 0. The van der Waals surface area contributed by atoms with E-state index in [9.17, 15) is 20.5 Å². The zero-order valence-electron chi connectivity index (χ0n) is 13.8. The topological polar surface area (TPSA) is 151 Å². The molecule has 2 aromatic heterocycles. The molecule has 3 rings (SSSR count). The van der Waals surface area contributed by atoms with E-state index in [-0.39, 0.29) is 28.6 Å². The van der Waals surface area contributed by atoms with Crippen molar-refractivity contribution in [2.24, 2.45) is 0 Å². The van der Waals surface area contributed by atoms with Gasteiger partial charge in [0.25, 0.3) is 0 Å². The molecule has 0 atom stereocenters. The number of thioether (sulfide) groups is 1. The number of aromatic nitrogens is 1. The highest BCUT2D eigenvalue weighted by molar-refractivity contribution is 7.98. The molecule has 2 heterocycles.